The Balaban J connectivity index is 1.55. The van der Waals surface area contributed by atoms with Gasteiger partial charge in [-0.3, -0.25) is 4.90 Å². The van der Waals surface area contributed by atoms with Gasteiger partial charge in [-0.05, 0) is 55.9 Å². The summed E-state index contributed by atoms with van der Waals surface area (Å²) in [7, 11) is 1.67. The maximum absolute atomic E-state index is 13.3. The number of nitrogens with zero attached hydrogens (tertiary/aromatic N) is 1. The molecule has 2 unspecified atom stereocenters. The molecule has 2 aliphatic heterocycles. The van der Waals surface area contributed by atoms with E-state index in [1.54, 1.807) is 19.2 Å². The van der Waals surface area contributed by atoms with Crippen LogP contribution in [0.4, 0.5) is 4.39 Å². The number of benzene rings is 2. The third-order valence-electron chi connectivity index (χ3n) is 6.38. The highest BCUT2D eigenvalue weighted by Gasteiger charge is 2.48. The number of halogens is 1. The Hall–Kier alpha value is -2.11. The molecule has 2 bridgehead atoms. The van der Waals surface area contributed by atoms with Crippen molar-refractivity contribution in [1.29, 1.82) is 0 Å². The lowest BCUT2D eigenvalue weighted by atomic mass is 9.80. The summed E-state index contributed by atoms with van der Waals surface area (Å²) in [5, 5.41) is 11.4. The van der Waals surface area contributed by atoms with Crippen molar-refractivity contribution in [3.05, 3.63) is 59.4 Å². The zero-order valence-electron chi connectivity index (χ0n) is 17.2. The third-order valence-corrected chi connectivity index (χ3v) is 6.38. The van der Waals surface area contributed by atoms with Crippen LogP contribution in [0.5, 0.6) is 11.5 Å². The number of methoxy groups -OCH3 is 1. The number of piperidine rings is 1. The summed E-state index contributed by atoms with van der Waals surface area (Å²) in [6.07, 6.45) is 4.43. The zero-order chi connectivity index (χ0) is 20.4. The second-order valence-electron chi connectivity index (χ2n) is 8.30. The van der Waals surface area contributed by atoms with Crippen molar-refractivity contribution in [2.75, 3.05) is 13.7 Å². The van der Waals surface area contributed by atoms with E-state index in [0.29, 0.717) is 31.5 Å². The Labute approximate surface area is 172 Å². The molecule has 4 nitrogen and oxygen atoms in total. The lowest BCUT2D eigenvalue weighted by Gasteiger charge is -2.44. The van der Waals surface area contributed by atoms with Gasteiger partial charge in [-0.15, -0.1) is 0 Å². The van der Waals surface area contributed by atoms with E-state index in [-0.39, 0.29) is 5.82 Å². The van der Waals surface area contributed by atoms with Crippen LogP contribution in [0.15, 0.2) is 42.5 Å². The van der Waals surface area contributed by atoms with Crippen molar-refractivity contribution >= 4 is 0 Å². The Morgan fingerprint density at radius 3 is 2.41 bits per heavy atom. The smallest absolute Gasteiger partial charge is 0.165 e. The predicted octanol–water partition coefficient (Wildman–Crippen LogP) is 4.64. The Morgan fingerprint density at radius 1 is 1.10 bits per heavy atom. The van der Waals surface area contributed by atoms with E-state index in [1.807, 2.05) is 12.1 Å². The highest BCUT2D eigenvalue weighted by atomic mass is 19.1. The molecule has 2 atom stereocenters. The monoisotopic (exact) mass is 399 g/mol. The van der Waals surface area contributed by atoms with Gasteiger partial charge in [0.1, 0.15) is 5.82 Å². The number of hydrogen-bond donors (Lipinski definition) is 1. The summed E-state index contributed by atoms with van der Waals surface area (Å²) in [6, 6.07) is 13.0. The van der Waals surface area contributed by atoms with E-state index < -0.39 is 5.60 Å². The van der Waals surface area contributed by atoms with Crippen LogP contribution in [-0.2, 0) is 12.1 Å². The summed E-state index contributed by atoms with van der Waals surface area (Å²) >= 11 is 0. The van der Waals surface area contributed by atoms with Gasteiger partial charge in [0, 0.05) is 24.2 Å². The first-order chi connectivity index (χ1) is 14.0. The molecular formula is C24H30FNO3. The van der Waals surface area contributed by atoms with Gasteiger partial charge in [-0.2, -0.15) is 0 Å². The molecule has 5 heteroatoms. The van der Waals surface area contributed by atoms with Gasteiger partial charge in [0.15, 0.2) is 11.5 Å². The molecule has 0 radical (unpaired) electrons. The molecule has 2 heterocycles. The number of fused-ring (bicyclic) bond motifs is 2. The molecular weight excluding hydrogens is 369 g/mol. The van der Waals surface area contributed by atoms with Crippen molar-refractivity contribution < 1.29 is 19.0 Å². The van der Waals surface area contributed by atoms with E-state index in [9.17, 15) is 9.50 Å². The molecule has 0 spiro atoms. The molecule has 156 valence electrons. The van der Waals surface area contributed by atoms with Crippen molar-refractivity contribution in [2.24, 2.45) is 0 Å². The second-order valence-corrected chi connectivity index (χ2v) is 8.30. The van der Waals surface area contributed by atoms with Crippen LogP contribution in [0, 0.1) is 5.82 Å². The largest absolute Gasteiger partial charge is 0.493 e. The zero-order valence-corrected chi connectivity index (χ0v) is 17.2. The van der Waals surface area contributed by atoms with E-state index in [0.717, 1.165) is 48.4 Å². The number of rotatable bonds is 7. The van der Waals surface area contributed by atoms with Gasteiger partial charge in [-0.1, -0.05) is 31.2 Å². The summed E-state index contributed by atoms with van der Waals surface area (Å²) in [5.74, 6) is 1.33. The van der Waals surface area contributed by atoms with Crippen LogP contribution in [0.2, 0.25) is 0 Å². The van der Waals surface area contributed by atoms with Crippen LogP contribution >= 0.6 is 0 Å². The Bertz CT molecular complexity index is 825. The highest BCUT2D eigenvalue weighted by Crippen LogP contribution is 2.47. The molecule has 0 saturated carbocycles. The molecule has 1 N–H and O–H groups in total. The van der Waals surface area contributed by atoms with Gasteiger partial charge < -0.3 is 14.6 Å². The SMILES string of the molecule is CCCOc1c(CN2C3CCC2CC(O)(c2ccc(F)cc2)C3)cccc1OC. The number of ether oxygens (including phenoxy) is 2. The topological polar surface area (TPSA) is 41.9 Å². The second kappa shape index (κ2) is 8.33. The summed E-state index contributed by atoms with van der Waals surface area (Å²) in [4.78, 5) is 2.51. The summed E-state index contributed by atoms with van der Waals surface area (Å²) in [6.45, 7) is 3.53. The van der Waals surface area contributed by atoms with Crippen LogP contribution in [-0.4, -0.2) is 35.8 Å². The average Bonchev–Trinajstić information content (AvgIpc) is 2.96. The Kier molecular flexibility index (Phi) is 5.79. The van der Waals surface area contributed by atoms with E-state index in [2.05, 4.69) is 17.9 Å². The quantitative estimate of drug-likeness (QED) is 0.737. The molecule has 2 aliphatic rings. The molecule has 2 saturated heterocycles. The molecule has 2 aromatic carbocycles. The number of hydrogen-bond acceptors (Lipinski definition) is 4. The molecule has 2 aromatic rings. The van der Waals surface area contributed by atoms with E-state index >= 15 is 0 Å². The first-order valence-corrected chi connectivity index (χ1v) is 10.6. The van der Waals surface area contributed by atoms with E-state index in [4.69, 9.17) is 9.47 Å². The fourth-order valence-electron chi connectivity index (χ4n) is 4.98. The molecule has 0 aliphatic carbocycles. The average molecular weight is 400 g/mol. The van der Waals surface area contributed by atoms with Gasteiger partial charge >= 0.3 is 0 Å². The van der Waals surface area contributed by atoms with E-state index in [1.165, 1.54) is 12.1 Å². The van der Waals surface area contributed by atoms with Crippen LogP contribution < -0.4 is 9.47 Å². The van der Waals surface area contributed by atoms with Gasteiger partial charge in [0.25, 0.3) is 0 Å². The maximum atomic E-state index is 13.3. The fourth-order valence-corrected chi connectivity index (χ4v) is 4.98. The van der Waals surface area contributed by atoms with Crippen LogP contribution in [0.25, 0.3) is 0 Å². The fraction of sp³-hybridized carbons (Fsp3) is 0.500. The lowest BCUT2D eigenvalue weighted by Crippen LogP contribution is -2.49. The maximum Gasteiger partial charge on any atom is 0.165 e. The third kappa shape index (κ3) is 3.99. The van der Waals surface area contributed by atoms with Gasteiger partial charge in [0.2, 0.25) is 0 Å². The first kappa shape index (κ1) is 20.2. The Morgan fingerprint density at radius 2 is 1.79 bits per heavy atom. The van der Waals surface area contributed by atoms with Crippen molar-refractivity contribution in [1.82, 2.24) is 4.90 Å². The lowest BCUT2D eigenvalue weighted by molar-refractivity contribution is -0.0597. The van der Waals surface area contributed by atoms with Gasteiger partial charge in [0.05, 0.1) is 19.3 Å². The van der Waals surface area contributed by atoms with Gasteiger partial charge in [-0.25, -0.2) is 4.39 Å². The van der Waals surface area contributed by atoms with Crippen molar-refractivity contribution in [3.8, 4) is 11.5 Å². The summed E-state index contributed by atoms with van der Waals surface area (Å²) in [5.41, 5.74) is 1.07. The minimum Gasteiger partial charge on any atom is -0.493 e. The minimum absolute atomic E-state index is 0.268. The molecule has 0 amide bonds. The molecule has 29 heavy (non-hydrogen) atoms. The molecule has 0 aromatic heterocycles. The first-order valence-electron chi connectivity index (χ1n) is 10.6. The normalized spacial score (nSPS) is 26.5. The standard InChI is InChI=1S/C24H30FNO3/c1-3-13-29-23-17(5-4-6-22(23)28-2)16-26-20-11-12-21(26)15-24(27,14-20)18-7-9-19(25)10-8-18/h4-10,20-21,27H,3,11-16H2,1-2H3. The van der Waals surface area contributed by atoms with Crippen molar-refractivity contribution in [3.63, 3.8) is 0 Å². The van der Waals surface area contributed by atoms with Crippen LogP contribution in [0.1, 0.15) is 50.2 Å². The number of aliphatic hydroxyl groups is 1. The number of para-hydroxylation sites is 1. The molecule has 4 rings (SSSR count). The van der Waals surface area contributed by atoms with Crippen molar-refractivity contribution in [2.45, 2.75) is 63.3 Å². The predicted molar refractivity (Wildman–Crippen MR) is 111 cm³/mol. The highest BCUT2D eigenvalue weighted by molar-refractivity contribution is 5.46. The summed E-state index contributed by atoms with van der Waals surface area (Å²) < 4.78 is 24.9. The minimum atomic E-state index is -0.883. The molecule has 2 fully saturated rings. The van der Waals surface area contributed by atoms with Crippen LogP contribution in [0.3, 0.4) is 0 Å².